The van der Waals surface area contributed by atoms with Gasteiger partial charge in [0, 0.05) is 48.8 Å². The zero-order valence-electron chi connectivity index (χ0n) is 20.9. The zero-order valence-corrected chi connectivity index (χ0v) is 20.9. The molecule has 0 aliphatic carbocycles. The number of hydrogen-bond acceptors (Lipinski definition) is 8. The van der Waals surface area contributed by atoms with Crippen molar-refractivity contribution in [2.24, 2.45) is 0 Å². The van der Waals surface area contributed by atoms with Crippen LogP contribution in [0, 0.1) is 6.92 Å². The predicted octanol–water partition coefficient (Wildman–Crippen LogP) is 3.32. The molecule has 1 amide bonds. The van der Waals surface area contributed by atoms with Crippen LogP contribution in [0.2, 0.25) is 0 Å². The molecule has 0 unspecified atom stereocenters. The third-order valence-electron chi connectivity index (χ3n) is 6.49. The Morgan fingerprint density at radius 1 is 1.23 bits per heavy atom. The van der Waals surface area contributed by atoms with Crippen LogP contribution in [0.4, 0.5) is 24.8 Å². The van der Waals surface area contributed by atoms with Crippen molar-refractivity contribution < 1.29 is 27.8 Å². The summed E-state index contributed by atoms with van der Waals surface area (Å²) in [5.41, 5.74) is 8.21. The van der Waals surface area contributed by atoms with E-state index in [4.69, 9.17) is 15.5 Å². The van der Waals surface area contributed by atoms with Gasteiger partial charge in [0.2, 0.25) is 0 Å². The fraction of sp³-hybridized carbons (Fsp3) is 0.308. The number of aliphatic hydroxyl groups is 1. The number of amides is 1. The molecule has 3 aromatic heterocycles. The van der Waals surface area contributed by atoms with E-state index in [1.54, 1.807) is 30.5 Å². The van der Waals surface area contributed by atoms with Crippen LogP contribution >= 0.6 is 0 Å². The average molecular weight is 542 g/mol. The molecule has 1 atom stereocenters. The number of aryl methyl sites for hydroxylation is 1. The van der Waals surface area contributed by atoms with Gasteiger partial charge in [-0.2, -0.15) is 13.2 Å². The standard InChI is InChI=1S/C26H26F3N7O3/c1-15-13-32-23(30)22-21(34-24(36(15)22)19-14-35(8-10-37)9-11-39-19)16-2-4-17(5-3-16)25(38)33-20-12-18(6-7-31-20)26(27,28)29/h2-7,12-13,19,37H,8-11,14H2,1H3,(H2,30,32)(H,31,33,38)/t19-/m1/s1. The van der Waals surface area contributed by atoms with Crippen molar-refractivity contribution in [1.29, 1.82) is 0 Å². The number of nitrogen functional groups attached to an aromatic ring is 1. The molecule has 0 saturated carbocycles. The van der Waals surface area contributed by atoms with Gasteiger partial charge in [-0.3, -0.25) is 14.1 Å². The second kappa shape index (κ2) is 10.6. The number of carbonyl (C=O) groups excluding carboxylic acids is 1. The molecule has 1 aromatic carbocycles. The van der Waals surface area contributed by atoms with Crippen LogP contribution in [-0.2, 0) is 10.9 Å². The van der Waals surface area contributed by atoms with E-state index in [0.717, 1.165) is 24.0 Å². The molecule has 4 N–H and O–H groups in total. The van der Waals surface area contributed by atoms with Crippen molar-refractivity contribution in [3.8, 4) is 11.3 Å². The lowest BCUT2D eigenvalue weighted by Crippen LogP contribution is -2.40. The quantitative estimate of drug-likeness (QED) is 0.339. The Bertz CT molecular complexity index is 1500. The predicted molar refractivity (Wildman–Crippen MR) is 137 cm³/mol. The van der Waals surface area contributed by atoms with Gasteiger partial charge in [0.05, 0.1) is 18.8 Å². The molecular formula is C26H26F3N7O3. The van der Waals surface area contributed by atoms with Gasteiger partial charge in [-0.25, -0.2) is 15.0 Å². The first-order valence-corrected chi connectivity index (χ1v) is 12.2. The number of alkyl halides is 3. The summed E-state index contributed by atoms with van der Waals surface area (Å²) >= 11 is 0. The molecule has 204 valence electrons. The topological polar surface area (TPSA) is 131 Å². The molecule has 4 heterocycles. The van der Waals surface area contributed by atoms with E-state index in [9.17, 15) is 23.1 Å². The fourth-order valence-electron chi connectivity index (χ4n) is 4.58. The number of nitrogens with one attached hydrogen (secondary N) is 1. The number of morpholine rings is 1. The average Bonchev–Trinajstić information content (AvgIpc) is 3.33. The molecule has 1 fully saturated rings. The molecule has 1 saturated heterocycles. The first-order valence-electron chi connectivity index (χ1n) is 12.2. The van der Waals surface area contributed by atoms with Crippen molar-refractivity contribution in [3.05, 3.63) is 71.4 Å². The minimum atomic E-state index is -4.55. The Morgan fingerprint density at radius 2 is 2.00 bits per heavy atom. The van der Waals surface area contributed by atoms with Crippen molar-refractivity contribution in [1.82, 2.24) is 24.3 Å². The highest BCUT2D eigenvalue weighted by molar-refractivity contribution is 6.04. The third-order valence-corrected chi connectivity index (χ3v) is 6.49. The number of β-amino-alcohol motifs (C(OH)–C–C–N with tert-alkyl or cyclic N) is 1. The highest BCUT2D eigenvalue weighted by Gasteiger charge is 2.31. The largest absolute Gasteiger partial charge is 0.416 e. The van der Waals surface area contributed by atoms with E-state index in [1.807, 2.05) is 11.3 Å². The van der Waals surface area contributed by atoms with Gasteiger partial charge in [-0.1, -0.05) is 12.1 Å². The second-order valence-electron chi connectivity index (χ2n) is 9.13. The smallest absolute Gasteiger partial charge is 0.395 e. The normalized spacial score (nSPS) is 16.5. The number of carbonyl (C=O) groups is 1. The number of rotatable bonds is 6. The van der Waals surface area contributed by atoms with Gasteiger partial charge in [-0.05, 0) is 31.2 Å². The maximum Gasteiger partial charge on any atom is 0.416 e. The lowest BCUT2D eigenvalue weighted by molar-refractivity contribution is -0.137. The Morgan fingerprint density at radius 3 is 2.72 bits per heavy atom. The van der Waals surface area contributed by atoms with Crippen LogP contribution in [0.15, 0.2) is 48.8 Å². The van der Waals surface area contributed by atoms with Gasteiger partial charge in [0.15, 0.2) is 0 Å². The molecule has 0 spiro atoms. The summed E-state index contributed by atoms with van der Waals surface area (Å²) in [6.07, 6.45) is -2.27. The molecule has 39 heavy (non-hydrogen) atoms. The number of aliphatic hydroxyl groups excluding tert-OH is 1. The first-order chi connectivity index (χ1) is 18.7. The number of anilines is 2. The molecule has 13 heteroatoms. The molecule has 1 aliphatic heterocycles. The summed E-state index contributed by atoms with van der Waals surface area (Å²) in [5.74, 6) is 0.0996. The third kappa shape index (κ3) is 5.41. The van der Waals surface area contributed by atoms with Crippen molar-refractivity contribution in [3.63, 3.8) is 0 Å². The Balaban J connectivity index is 1.45. The number of nitrogens with zero attached hydrogens (tertiary/aromatic N) is 5. The fourth-order valence-corrected chi connectivity index (χ4v) is 4.58. The van der Waals surface area contributed by atoms with E-state index >= 15 is 0 Å². The van der Waals surface area contributed by atoms with Crippen molar-refractivity contribution >= 4 is 23.1 Å². The van der Waals surface area contributed by atoms with Crippen LogP contribution in [-0.4, -0.2) is 68.1 Å². The van der Waals surface area contributed by atoms with E-state index in [2.05, 4.69) is 20.2 Å². The summed E-state index contributed by atoms with van der Waals surface area (Å²) in [6, 6.07) is 8.06. The van der Waals surface area contributed by atoms with E-state index < -0.39 is 17.6 Å². The number of benzene rings is 1. The minimum Gasteiger partial charge on any atom is -0.395 e. The minimum absolute atomic E-state index is 0.0416. The monoisotopic (exact) mass is 541 g/mol. The van der Waals surface area contributed by atoms with Crippen LogP contribution in [0.5, 0.6) is 0 Å². The lowest BCUT2D eigenvalue weighted by Gasteiger charge is -2.31. The lowest BCUT2D eigenvalue weighted by atomic mass is 10.1. The van der Waals surface area contributed by atoms with Gasteiger partial charge < -0.3 is 20.9 Å². The number of pyridine rings is 1. The number of halogens is 3. The number of ether oxygens (including phenoxy) is 1. The maximum atomic E-state index is 13.0. The summed E-state index contributed by atoms with van der Waals surface area (Å²) in [5, 5.41) is 11.8. The van der Waals surface area contributed by atoms with E-state index in [0.29, 0.717) is 48.8 Å². The highest BCUT2D eigenvalue weighted by Crippen LogP contribution is 2.34. The van der Waals surface area contributed by atoms with Gasteiger partial charge in [0.25, 0.3) is 5.91 Å². The molecule has 0 radical (unpaired) electrons. The molecule has 1 aliphatic rings. The molecular weight excluding hydrogens is 515 g/mol. The SMILES string of the molecule is Cc1cnc(N)c2c(-c3ccc(C(=O)Nc4cc(C(F)(F)F)ccn4)cc3)nc([C@H]3CN(CCO)CCO3)n12. The number of imidazole rings is 1. The van der Waals surface area contributed by atoms with Crippen LogP contribution in [0.25, 0.3) is 16.8 Å². The van der Waals surface area contributed by atoms with E-state index in [-0.39, 0.29) is 29.9 Å². The molecule has 10 nitrogen and oxygen atoms in total. The van der Waals surface area contributed by atoms with Crippen LogP contribution < -0.4 is 11.1 Å². The van der Waals surface area contributed by atoms with Gasteiger partial charge >= 0.3 is 6.18 Å². The van der Waals surface area contributed by atoms with Crippen molar-refractivity contribution in [2.45, 2.75) is 19.2 Å². The summed E-state index contributed by atoms with van der Waals surface area (Å²) in [6.45, 7) is 4.19. The van der Waals surface area contributed by atoms with Gasteiger partial charge in [-0.15, -0.1) is 0 Å². The summed E-state index contributed by atoms with van der Waals surface area (Å²) < 4.78 is 46.9. The number of fused-ring (bicyclic) bond motifs is 1. The second-order valence-corrected chi connectivity index (χ2v) is 9.13. The molecule has 0 bridgehead atoms. The Labute approximate surface area is 221 Å². The van der Waals surface area contributed by atoms with E-state index in [1.165, 1.54) is 0 Å². The highest BCUT2D eigenvalue weighted by atomic mass is 19.4. The van der Waals surface area contributed by atoms with Crippen LogP contribution in [0.3, 0.4) is 0 Å². The van der Waals surface area contributed by atoms with Gasteiger partial charge in [0.1, 0.15) is 34.8 Å². The Hall–Kier alpha value is -4.07. The summed E-state index contributed by atoms with van der Waals surface area (Å²) in [4.78, 5) is 27.8. The Kier molecular flexibility index (Phi) is 7.21. The first kappa shape index (κ1) is 26.5. The number of aromatic nitrogens is 4. The zero-order chi connectivity index (χ0) is 27.7. The molecule has 4 aromatic rings. The molecule has 5 rings (SSSR count). The maximum absolute atomic E-state index is 13.0. The number of nitrogens with two attached hydrogens (primary N) is 1. The van der Waals surface area contributed by atoms with Crippen molar-refractivity contribution in [2.75, 3.05) is 43.9 Å². The van der Waals surface area contributed by atoms with Crippen LogP contribution in [0.1, 0.15) is 33.5 Å². The number of hydrogen-bond donors (Lipinski definition) is 3. The summed E-state index contributed by atoms with van der Waals surface area (Å²) in [7, 11) is 0.